The minimum atomic E-state index is -1.16. The topological polar surface area (TPSA) is 84.6 Å². The van der Waals surface area contributed by atoms with Crippen LogP contribution in [-0.2, 0) is 4.79 Å². The molecule has 3 atom stereocenters. The monoisotopic (exact) mass is 250 g/mol. The molecule has 1 aromatic rings. The van der Waals surface area contributed by atoms with Gasteiger partial charge >= 0.3 is 0 Å². The van der Waals surface area contributed by atoms with E-state index in [2.05, 4.69) is 12.2 Å². The van der Waals surface area contributed by atoms with Crippen LogP contribution in [0.15, 0.2) is 24.3 Å². The van der Waals surface area contributed by atoms with Gasteiger partial charge < -0.3 is 20.9 Å². The van der Waals surface area contributed by atoms with Crippen LogP contribution >= 0.6 is 0 Å². The number of aliphatic hydroxyl groups is 1. The molecule has 0 aromatic heterocycles. The fraction of sp³-hybridized carbons (Fsp3) is 0.462. The van der Waals surface area contributed by atoms with E-state index in [1.807, 2.05) is 24.3 Å². The van der Waals surface area contributed by atoms with Crippen LogP contribution in [-0.4, -0.2) is 30.3 Å². The lowest BCUT2D eigenvalue weighted by molar-refractivity contribution is -0.125. The summed E-state index contributed by atoms with van der Waals surface area (Å²) >= 11 is 0. The quantitative estimate of drug-likeness (QED) is 0.712. The Labute approximate surface area is 106 Å². The number of nitrogens with two attached hydrogens (primary N) is 1. The zero-order valence-corrected chi connectivity index (χ0v) is 10.3. The summed E-state index contributed by atoms with van der Waals surface area (Å²) in [6.45, 7) is 2.82. The number of carbonyl (C=O) groups excluding carboxylic acids is 1. The maximum atomic E-state index is 10.8. The zero-order chi connectivity index (χ0) is 13.1. The maximum absolute atomic E-state index is 10.8. The first-order valence-corrected chi connectivity index (χ1v) is 6.02. The van der Waals surface area contributed by atoms with Gasteiger partial charge in [-0.25, -0.2) is 0 Å². The van der Waals surface area contributed by atoms with Crippen molar-refractivity contribution in [3.05, 3.63) is 29.8 Å². The van der Waals surface area contributed by atoms with Crippen LogP contribution in [0.3, 0.4) is 0 Å². The number of carbonyl (C=O) groups is 1. The molecule has 2 rings (SSSR count). The van der Waals surface area contributed by atoms with E-state index in [0.717, 1.165) is 11.3 Å². The van der Waals surface area contributed by atoms with E-state index in [4.69, 9.17) is 10.5 Å². The van der Waals surface area contributed by atoms with Crippen molar-refractivity contribution < 1.29 is 14.6 Å². The van der Waals surface area contributed by atoms with Crippen LogP contribution in [0.25, 0.3) is 0 Å². The van der Waals surface area contributed by atoms with Crippen molar-refractivity contribution in [1.82, 2.24) is 5.32 Å². The van der Waals surface area contributed by atoms with E-state index in [0.29, 0.717) is 6.61 Å². The van der Waals surface area contributed by atoms with Crippen LogP contribution < -0.4 is 15.8 Å². The molecular formula is C13H18N2O3. The molecule has 0 radical (unpaired) electrons. The van der Waals surface area contributed by atoms with E-state index < -0.39 is 12.0 Å². The lowest BCUT2D eigenvalue weighted by atomic mass is 9.92. The standard InChI is InChI=1S/C13H18N2O3/c1-8-7-18-11-5-3-2-4-9(11)12(8)15-6-10(16)13(14)17/h2-5,8,10,12,15-16H,6-7H2,1H3,(H2,14,17). The number of rotatable bonds is 4. The molecule has 5 nitrogen and oxygen atoms in total. The molecule has 1 heterocycles. The lowest BCUT2D eigenvalue weighted by Gasteiger charge is -2.32. The summed E-state index contributed by atoms with van der Waals surface area (Å²) in [6, 6.07) is 7.83. The molecule has 0 spiro atoms. The second-order valence-corrected chi connectivity index (χ2v) is 4.63. The third kappa shape index (κ3) is 2.63. The van der Waals surface area contributed by atoms with Gasteiger partial charge in [0.25, 0.3) is 0 Å². The van der Waals surface area contributed by atoms with Crippen molar-refractivity contribution in [2.75, 3.05) is 13.2 Å². The Hall–Kier alpha value is -1.59. The molecule has 4 N–H and O–H groups in total. The summed E-state index contributed by atoms with van der Waals surface area (Å²) in [6.07, 6.45) is -1.16. The summed E-state index contributed by atoms with van der Waals surface area (Å²) in [7, 11) is 0. The first-order chi connectivity index (χ1) is 8.59. The van der Waals surface area contributed by atoms with Gasteiger partial charge in [-0.15, -0.1) is 0 Å². The number of fused-ring (bicyclic) bond motifs is 1. The Bertz CT molecular complexity index is 436. The average molecular weight is 250 g/mol. The molecule has 98 valence electrons. The van der Waals surface area contributed by atoms with Gasteiger partial charge in [0.05, 0.1) is 6.61 Å². The number of nitrogens with one attached hydrogen (secondary N) is 1. The minimum absolute atomic E-state index is 0.0592. The smallest absolute Gasteiger partial charge is 0.247 e. The third-order valence-corrected chi connectivity index (χ3v) is 3.18. The van der Waals surface area contributed by atoms with Crippen molar-refractivity contribution in [3.8, 4) is 5.75 Å². The predicted octanol–water partition coefficient (Wildman–Crippen LogP) is 0.192. The van der Waals surface area contributed by atoms with Crippen LogP contribution in [0.5, 0.6) is 5.75 Å². The third-order valence-electron chi connectivity index (χ3n) is 3.18. The average Bonchev–Trinajstić information content (AvgIpc) is 2.37. The Morgan fingerprint density at radius 2 is 2.33 bits per heavy atom. The highest BCUT2D eigenvalue weighted by molar-refractivity contribution is 5.78. The largest absolute Gasteiger partial charge is 0.493 e. The van der Waals surface area contributed by atoms with Crippen molar-refractivity contribution in [2.24, 2.45) is 11.7 Å². The van der Waals surface area contributed by atoms with Crippen molar-refractivity contribution in [1.29, 1.82) is 0 Å². The molecule has 1 aliphatic heterocycles. The summed E-state index contributed by atoms with van der Waals surface area (Å²) < 4.78 is 5.63. The SMILES string of the molecule is CC1COc2ccccc2C1NCC(O)C(N)=O. The van der Waals surface area contributed by atoms with E-state index in [1.54, 1.807) is 0 Å². The molecule has 0 bridgehead atoms. The second-order valence-electron chi connectivity index (χ2n) is 4.63. The van der Waals surface area contributed by atoms with Crippen LogP contribution in [0.2, 0.25) is 0 Å². The normalized spacial score (nSPS) is 23.9. The number of primary amides is 1. The van der Waals surface area contributed by atoms with Crippen LogP contribution in [0.4, 0.5) is 0 Å². The number of hydrogen-bond acceptors (Lipinski definition) is 4. The lowest BCUT2D eigenvalue weighted by Crippen LogP contribution is -2.42. The summed E-state index contributed by atoms with van der Waals surface area (Å²) in [5, 5.41) is 12.6. The fourth-order valence-corrected chi connectivity index (χ4v) is 2.14. The Balaban J connectivity index is 2.09. The molecular weight excluding hydrogens is 232 g/mol. The number of amides is 1. The molecule has 1 aliphatic rings. The highest BCUT2D eigenvalue weighted by Crippen LogP contribution is 2.34. The van der Waals surface area contributed by atoms with Gasteiger partial charge in [-0.3, -0.25) is 4.79 Å². The van der Waals surface area contributed by atoms with E-state index in [-0.39, 0.29) is 18.5 Å². The first kappa shape index (κ1) is 12.9. The molecule has 0 saturated carbocycles. The van der Waals surface area contributed by atoms with Gasteiger partial charge in [-0.2, -0.15) is 0 Å². The fourth-order valence-electron chi connectivity index (χ4n) is 2.14. The Kier molecular flexibility index (Phi) is 3.84. The summed E-state index contributed by atoms with van der Waals surface area (Å²) in [5.41, 5.74) is 6.08. The van der Waals surface area contributed by atoms with Crippen molar-refractivity contribution >= 4 is 5.91 Å². The van der Waals surface area contributed by atoms with Gasteiger partial charge in [0.15, 0.2) is 0 Å². The molecule has 3 unspecified atom stereocenters. The van der Waals surface area contributed by atoms with Gasteiger partial charge in [0.2, 0.25) is 5.91 Å². The molecule has 1 aromatic carbocycles. The highest BCUT2D eigenvalue weighted by atomic mass is 16.5. The summed E-state index contributed by atoms with van der Waals surface area (Å²) in [4.78, 5) is 10.8. The Morgan fingerprint density at radius 3 is 3.06 bits per heavy atom. The van der Waals surface area contributed by atoms with Gasteiger partial charge in [-0.05, 0) is 6.07 Å². The highest BCUT2D eigenvalue weighted by Gasteiger charge is 2.28. The first-order valence-electron chi connectivity index (χ1n) is 6.02. The minimum Gasteiger partial charge on any atom is -0.493 e. The molecule has 0 saturated heterocycles. The number of aliphatic hydroxyl groups excluding tert-OH is 1. The van der Waals surface area contributed by atoms with Crippen molar-refractivity contribution in [2.45, 2.75) is 19.1 Å². The zero-order valence-electron chi connectivity index (χ0n) is 10.3. The van der Waals surface area contributed by atoms with Crippen LogP contribution in [0, 0.1) is 5.92 Å². The molecule has 5 heteroatoms. The second kappa shape index (κ2) is 5.37. The van der Waals surface area contributed by atoms with Crippen LogP contribution in [0.1, 0.15) is 18.5 Å². The number of para-hydroxylation sites is 1. The van der Waals surface area contributed by atoms with Gasteiger partial charge in [0.1, 0.15) is 11.9 Å². The predicted molar refractivity (Wildman–Crippen MR) is 67.0 cm³/mol. The van der Waals surface area contributed by atoms with E-state index in [1.165, 1.54) is 0 Å². The van der Waals surface area contributed by atoms with Crippen molar-refractivity contribution in [3.63, 3.8) is 0 Å². The number of hydrogen-bond donors (Lipinski definition) is 3. The Morgan fingerprint density at radius 1 is 1.61 bits per heavy atom. The van der Waals surface area contributed by atoms with E-state index >= 15 is 0 Å². The van der Waals surface area contributed by atoms with E-state index in [9.17, 15) is 9.90 Å². The molecule has 18 heavy (non-hydrogen) atoms. The molecule has 0 fully saturated rings. The van der Waals surface area contributed by atoms with Gasteiger partial charge in [0, 0.05) is 24.1 Å². The maximum Gasteiger partial charge on any atom is 0.247 e. The number of benzene rings is 1. The summed E-state index contributed by atoms with van der Waals surface area (Å²) in [5.74, 6) is 0.400. The van der Waals surface area contributed by atoms with Gasteiger partial charge in [-0.1, -0.05) is 25.1 Å². The number of ether oxygens (including phenoxy) is 1. The molecule has 0 aliphatic carbocycles. The molecule has 1 amide bonds.